The van der Waals surface area contributed by atoms with E-state index in [4.69, 9.17) is 27.9 Å². The van der Waals surface area contributed by atoms with Gasteiger partial charge in [-0.15, -0.1) is 0 Å². The minimum atomic E-state index is -0.726. The van der Waals surface area contributed by atoms with Crippen molar-refractivity contribution in [3.8, 4) is 11.8 Å². The molecule has 108 valence electrons. The first-order chi connectivity index (χ1) is 9.94. The van der Waals surface area contributed by atoms with Crippen LogP contribution in [0.4, 0.5) is 8.78 Å². The molecule has 0 atom stereocenters. The zero-order valence-electron chi connectivity index (χ0n) is 10.5. The number of hydrogen-bond acceptors (Lipinski definition) is 3. The molecule has 0 saturated carbocycles. The van der Waals surface area contributed by atoms with Gasteiger partial charge in [-0.2, -0.15) is 9.97 Å². The van der Waals surface area contributed by atoms with Crippen LogP contribution >= 0.6 is 23.2 Å². The molecule has 0 unspecified atom stereocenters. The van der Waals surface area contributed by atoms with E-state index in [0.717, 1.165) is 6.07 Å². The third kappa shape index (κ3) is 2.64. The highest BCUT2D eigenvalue weighted by Crippen LogP contribution is 2.32. The van der Waals surface area contributed by atoms with Gasteiger partial charge in [0.15, 0.2) is 17.4 Å². The molecule has 3 rings (SSSR count). The zero-order chi connectivity index (χ0) is 15.1. The number of nitrogens with zero attached hydrogens (tertiary/aromatic N) is 2. The molecule has 0 bridgehead atoms. The number of aromatic amines is 1. The summed E-state index contributed by atoms with van der Waals surface area (Å²) in [7, 11) is 0. The topological polar surface area (TPSA) is 50.8 Å². The van der Waals surface area contributed by atoms with E-state index >= 15 is 0 Å². The fraction of sp³-hybridized carbons (Fsp3) is 0.0769. The molecule has 0 aliphatic heterocycles. The lowest BCUT2D eigenvalue weighted by Gasteiger charge is -2.07. The minimum absolute atomic E-state index is 0.0319. The van der Waals surface area contributed by atoms with Gasteiger partial charge in [0.05, 0.1) is 5.52 Å². The highest BCUT2D eigenvalue weighted by atomic mass is 35.5. The van der Waals surface area contributed by atoms with Crippen LogP contribution in [0.25, 0.3) is 10.9 Å². The summed E-state index contributed by atoms with van der Waals surface area (Å²) in [6, 6.07) is 3.42. The molecule has 2 heterocycles. The fourth-order valence-electron chi connectivity index (χ4n) is 1.92. The SMILES string of the molecule is Cc1cc2c(F)c(Oc3nc(Cl)cc(Cl)n3)cc(F)c2[nH]1. The Morgan fingerprint density at radius 3 is 2.43 bits per heavy atom. The molecule has 0 saturated heterocycles. The quantitative estimate of drug-likeness (QED) is 0.696. The predicted octanol–water partition coefficient (Wildman–Crippen LogP) is 4.64. The summed E-state index contributed by atoms with van der Waals surface area (Å²) in [5.41, 5.74) is 0.699. The summed E-state index contributed by atoms with van der Waals surface area (Å²) in [4.78, 5) is 10.2. The smallest absolute Gasteiger partial charge is 0.324 e. The molecule has 0 fully saturated rings. The maximum absolute atomic E-state index is 14.3. The van der Waals surface area contributed by atoms with Crippen molar-refractivity contribution in [1.29, 1.82) is 0 Å². The van der Waals surface area contributed by atoms with Gasteiger partial charge in [-0.3, -0.25) is 0 Å². The predicted molar refractivity (Wildman–Crippen MR) is 75.1 cm³/mol. The Balaban J connectivity index is 2.10. The van der Waals surface area contributed by atoms with Crippen LogP contribution in [0.5, 0.6) is 11.8 Å². The molecular formula is C13H7Cl2F2N3O. The van der Waals surface area contributed by atoms with Gasteiger partial charge in [0.2, 0.25) is 0 Å². The normalized spacial score (nSPS) is 11.1. The van der Waals surface area contributed by atoms with Crippen molar-refractivity contribution in [1.82, 2.24) is 15.0 Å². The van der Waals surface area contributed by atoms with Crippen molar-refractivity contribution in [2.75, 3.05) is 0 Å². The number of hydrogen-bond donors (Lipinski definition) is 1. The maximum Gasteiger partial charge on any atom is 0.324 e. The van der Waals surface area contributed by atoms with Crippen molar-refractivity contribution >= 4 is 34.1 Å². The van der Waals surface area contributed by atoms with Gasteiger partial charge in [-0.05, 0) is 13.0 Å². The summed E-state index contributed by atoms with van der Waals surface area (Å²) in [6.07, 6.45) is 0. The van der Waals surface area contributed by atoms with E-state index in [1.165, 1.54) is 12.1 Å². The first-order valence-electron chi connectivity index (χ1n) is 5.79. The molecule has 0 aliphatic carbocycles. The van der Waals surface area contributed by atoms with Gasteiger partial charge in [0, 0.05) is 23.2 Å². The number of rotatable bonds is 2. The van der Waals surface area contributed by atoms with Crippen LogP contribution in [0.3, 0.4) is 0 Å². The van der Waals surface area contributed by atoms with Gasteiger partial charge in [-0.25, -0.2) is 8.78 Å². The molecule has 21 heavy (non-hydrogen) atoms. The lowest BCUT2D eigenvalue weighted by molar-refractivity contribution is 0.410. The number of nitrogens with one attached hydrogen (secondary N) is 1. The monoisotopic (exact) mass is 329 g/mol. The highest BCUT2D eigenvalue weighted by molar-refractivity contribution is 6.33. The van der Waals surface area contributed by atoms with E-state index in [1.807, 2.05) is 0 Å². The molecule has 0 amide bonds. The molecule has 0 spiro atoms. The molecule has 0 radical (unpaired) electrons. The molecule has 0 aliphatic rings. The zero-order valence-corrected chi connectivity index (χ0v) is 12.1. The van der Waals surface area contributed by atoms with Gasteiger partial charge >= 0.3 is 6.01 Å². The Morgan fingerprint density at radius 1 is 1.10 bits per heavy atom. The molecule has 3 aromatic rings. The second-order valence-electron chi connectivity index (χ2n) is 4.31. The van der Waals surface area contributed by atoms with Gasteiger partial charge in [0.1, 0.15) is 10.3 Å². The molecule has 2 aromatic heterocycles. The van der Waals surface area contributed by atoms with E-state index in [-0.39, 0.29) is 33.0 Å². The Morgan fingerprint density at radius 2 is 1.76 bits per heavy atom. The minimum Gasteiger partial charge on any atom is -0.421 e. The number of fused-ring (bicyclic) bond motifs is 1. The number of benzene rings is 1. The average molecular weight is 330 g/mol. The Hall–Kier alpha value is -1.92. The summed E-state index contributed by atoms with van der Waals surface area (Å²) in [6.45, 7) is 1.69. The van der Waals surface area contributed by atoms with Crippen molar-refractivity contribution in [2.45, 2.75) is 6.92 Å². The van der Waals surface area contributed by atoms with Gasteiger partial charge < -0.3 is 9.72 Å². The number of H-pyrrole nitrogens is 1. The van der Waals surface area contributed by atoms with Crippen molar-refractivity contribution < 1.29 is 13.5 Å². The lowest BCUT2D eigenvalue weighted by Crippen LogP contribution is -1.96. The van der Waals surface area contributed by atoms with Crippen LogP contribution < -0.4 is 4.74 Å². The third-order valence-corrected chi connectivity index (χ3v) is 3.13. The molecular weight excluding hydrogens is 323 g/mol. The van der Waals surface area contributed by atoms with Crippen LogP contribution in [-0.2, 0) is 0 Å². The summed E-state index contributed by atoms with van der Waals surface area (Å²) >= 11 is 11.4. The summed E-state index contributed by atoms with van der Waals surface area (Å²) < 4.78 is 33.4. The van der Waals surface area contributed by atoms with Crippen LogP contribution in [0.2, 0.25) is 10.3 Å². The molecule has 8 heteroatoms. The van der Waals surface area contributed by atoms with Crippen LogP contribution in [0.1, 0.15) is 5.69 Å². The second-order valence-corrected chi connectivity index (χ2v) is 5.08. The highest BCUT2D eigenvalue weighted by Gasteiger charge is 2.17. The fourth-order valence-corrected chi connectivity index (χ4v) is 2.33. The number of aromatic nitrogens is 3. The van der Waals surface area contributed by atoms with E-state index in [2.05, 4.69) is 15.0 Å². The number of ether oxygens (including phenoxy) is 1. The standard InChI is InChI=1S/C13H7Cl2F2N3O/c1-5-2-6-11(17)8(3-7(16)12(6)18-5)21-13-19-9(14)4-10(15)20-13/h2-4,18H,1H3. The third-order valence-electron chi connectivity index (χ3n) is 2.75. The van der Waals surface area contributed by atoms with E-state index in [1.54, 1.807) is 6.92 Å². The first kappa shape index (κ1) is 14.0. The van der Waals surface area contributed by atoms with Gasteiger partial charge in [-0.1, -0.05) is 23.2 Å². The second kappa shape index (κ2) is 5.13. The van der Waals surface area contributed by atoms with Crippen molar-refractivity contribution in [2.24, 2.45) is 0 Å². The van der Waals surface area contributed by atoms with E-state index in [0.29, 0.717) is 5.69 Å². The Kier molecular flexibility index (Phi) is 3.43. The van der Waals surface area contributed by atoms with Gasteiger partial charge in [0.25, 0.3) is 0 Å². The van der Waals surface area contributed by atoms with Crippen molar-refractivity contribution in [3.05, 3.63) is 45.8 Å². The summed E-state index contributed by atoms with van der Waals surface area (Å²) in [5, 5.41) is 0.143. The molecule has 1 N–H and O–H groups in total. The molecule has 1 aromatic carbocycles. The summed E-state index contributed by atoms with van der Waals surface area (Å²) in [5.74, 6) is -1.73. The number of halogens is 4. The Labute approximate surface area is 127 Å². The van der Waals surface area contributed by atoms with Crippen LogP contribution in [0, 0.1) is 18.6 Å². The molecule has 4 nitrogen and oxygen atoms in total. The Bertz CT molecular complexity index is 831. The number of aryl methyl sites for hydroxylation is 1. The largest absolute Gasteiger partial charge is 0.421 e. The van der Waals surface area contributed by atoms with Crippen LogP contribution in [-0.4, -0.2) is 15.0 Å². The van der Waals surface area contributed by atoms with E-state index < -0.39 is 11.6 Å². The van der Waals surface area contributed by atoms with E-state index in [9.17, 15) is 8.78 Å². The lowest BCUT2D eigenvalue weighted by atomic mass is 10.2. The van der Waals surface area contributed by atoms with Crippen molar-refractivity contribution in [3.63, 3.8) is 0 Å². The maximum atomic E-state index is 14.3. The van der Waals surface area contributed by atoms with Crippen LogP contribution in [0.15, 0.2) is 18.2 Å². The first-order valence-corrected chi connectivity index (χ1v) is 6.55. The average Bonchev–Trinajstić information content (AvgIpc) is 2.77.